The SMILES string of the molecule is COC(=O)/C1=C(\N=C=S)CCCCCCCC1. The number of esters is 1. The monoisotopic (exact) mass is 253 g/mol. The molecule has 1 aliphatic rings. The highest BCUT2D eigenvalue weighted by atomic mass is 32.1. The van der Waals surface area contributed by atoms with Gasteiger partial charge in [0.1, 0.15) is 0 Å². The van der Waals surface area contributed by atoms with E-state index in [1.807, 2.05) is 0 Å². The van der Waals surface area contributed by atoms with E-state index < -0.39 is 0 Å². The molecule has 0 aliphatic heterocycles. The highest BCUT2D eigenvalue weighted by Crippen LogP contribution is 2.23. The number of hydrogen-bond acceptors (Lipinski definition) is 4. The molecule has 0 fully saturated rings. The van der Waals surface area contributed by atoms with Gasteiger partial charge in [-0.05, 0) is 37.9 Å². The van der Waals surface area contributed by atoms with Crippen molar-refractivity contribution in [2.24, 2.45) is 4.99 Å². The zero-order valence-electron chi connectivity index (χ0n) is 10.3. The highest BCUT2D eigenvalue weighted by molar-refractivity contribution is 7.78. The van der Waals surface area contributed by atoms with E-state index in [0.717, 1.165) is 37.8 Å². The fraction of sp³-hybridized carbons (Fsp3) is 0.692. The Labute approximate surface area is 108 Å². The molecule has 94 valence electrons. The van der Waals surface area contributed by atoms with Crippen LogP contribution in [0, 0.1) is 0 Å². The Hall–Kier alpha value is -0.990. The molecule has 4 heteroatoms. The van der Waals surface area contributed by atoms with Crippen LogP contribution < -0.4 is 0 Å². The number of nitrogens with zero attached hydrogens (tertiary/aromatic N) is 1. The van der Waals surface area contributed by atoms with Crippen molar-refractivity contribution in [1.29, 1.82) is 0 Å². The van der Waals surface area contributed by atoms with E-state index in [4.69, 9.17) is 4.74 Å². The molecule has 0 atom stereocenters. The molecule has 0 heterocycles. The van der Waals surface area contributed by atoms with Gasteiger partial charge in [0, 0.05) is 0 Å². The summed E-state index contributed by atoms with van der Waals surface area (Å²) in [5, 5.41) is 2.37. The number of hydrogen-bond donors (Lipinski definition) is 0. The van der Waals surface area contributed by atoms with Crippen molar-refractivity contribution in [2.75, 3.05) is 7.11 Å². The lowest BCUT2D eigenvalue weighted by atomic mass is 9.98. The summed E-state index contributed by atoms with van der Waals surface area (Å²) in [6.45, 7) is 0. The van der Waals surface area contributed by atoms with Crippen LogP contribution in [0.4, 0.5) is 0 Å². The van der Waals surface area contributed by atoms with Crippen molar-refractivity contribution in [1.82, 2.24) is 0 Å². The molecule has 0 aromatic carbocycles. The maximum Gasteiger partial charge on any atom is 0.335 e. The smallest absolute Gasteiger partial charge is 0.335 e. The molecule has 0 bridgehead atoms. The lowest BCUT2D eigenvalue weighted by Gasteiger charge is -2.12. The minimum Gasteiger partial charge on any atom is -0.466 e. The van der Waals surface area contributed by atoms with Crippen LogP contribution in [0.1, 0.15) is 51.4 Å². The lowest BCUT2D eigenvalue weighted by molar-refractivity contribution is -0.136. The van der Waals surface area contributed by atoms with Gasteiger partial charge in [0.25, 0.3) is 0 Å². The average Bonchev–Trinajstić information content (AvgIpc) is 2.36. The van der Waals surface area contributed by atoms with Gasteiger partial charge in [0.15, 0.2) is 0 Å². The van der Waals surface area contributed by atoms with Crippen LogP contribution in [0.2, 0.25) is 0 Å². The van der Waals surface area contributed by atoms with Gasteiger partial charge in [-0.2, -0.15) is 4.99 Å². The molecule has 1 aliphatic carbocycles. The van der Waals surface area contributed by atoms with E-state index in [-0.39, 0.29) is 5.97 Å². The Morgan fingerprint density at radius 3 is 2.35 bits per heavy atom. The van der Waals surface area contributed by atoms with Crippen LogP contribution in [0.5, 0.6) is 0 Å². The summed E-state index contributed by atoms with van der Waals surface area (Å²) in [5.41, 5.74) is 1.46. The van der Waals surface area contributed by atoms with Crippen LogP contribution in [0.3, 0.4) is 0 Å². The van der Waals surface area contributed by atoms with E-state index in [0.29, 0.717) is 5.57 Å². The first-order valence-electron chi connectivity index (χ1n) is 6.17. The van der Waals surface area contributed by atoms with Crippen LogP contribution in [-0.4, -0.2) is 18.2 Å². The number of allylic oxidation sites excluding steroid dienone is 1. The van der Waals surface area contributed by atoms with E-state index in [1.54, 1.807) is 0 Å². The summed E-state index contributed by atoms with van der Waals surface area (Å²) < 4.78 is 4.82. The van der Waals surface area contributed by atoms with Crippen molar-refractivity contribution in [3.05, 3.63) is 11.3 Å². The molecule has 3 nitrogen and oxygen atoms in total. The second-order valence-electron chi connectivity index (χ2n) is 4.24. The molecule has 0 N–H and O–H groups in total. The van der Waals surface area contributed by atoms with Gasteiger partial charge in [-0.15, -0.1) is 0 Å². The minimum absolute atomic E-state index is 0.269. The van der Waals surface area contributed by atoms with Crippen LogP contribution >= 0.6 is 12.2 Å². The fourth-order valence-corrected chi connectivity index (χ4v) is 2.23. The topological polar surface area (TPSA) is 38.7 Å². The molecule has 0 saturated heterocycles. The summed E-state index contributed by atoms with van der Waals surface area (Å²) in [6, 6.07) is 0. The van der Waals surface area contributed by atoms with Crippen molar-refractivity contribution >= 4 is 23.3 Å². The van der Waals surface area contributed by atoms with Crippen LogP contribution in [0.15, 0.2) is 16.3 Å². The summed E-state index contributed by atoms with van der Waals surface area (Å²) >= 11 is 4.64. The fourth-order valence-electron chi connectivity index (χ4n) is 2.12. The number of ether oxygens (including phenoxy) is 1. The normalized spacial score (nSPS) is 22.4. The van der Waals surface area contributed by atoms with Gasteiger partial charge < -0.3 is 4.74 Å². The third-order valence-electron chi connectivity index (χ3n) is 3.05. The first-order chi connectivity index (χ1) is 8.29. The maximum absolute atomic E-state index is 11.7. The second kappa shape index (κ2) is 8.15. The highest BCUT2D eigenvalue weighted by Gasteiger charge is 2.16. The molecule has 0 saturated carbocycles. The molecule has 0 spiro atoms. The first-order valence-corrected chi connectivity index (χ1v) is 6.58. The molecular formula is C13H19NO2S. The zero-order valence-corrected chi connectivity index (χ0v) is 11.1. The number of methoxy groups -OCH3 is 1. The van der Waals surface area contributed by atoms with Crippen molar-refractivity contribution in [3.63, 3.8) is 0 Å². The average molecular weight is 253 g/mol. The predicted molar refractivity (Wildman–Crippen MR) is 71.0 cm³/mol. The Kier molecular flexibility index (Phi) is 6.75. The van der Waals surface area contributed by atoms with Gasteiger partial charge >= 0.3 is 5.97 Å². The molecule has 1 rings (SSSR count). The maximum atomic E-state index is 11.7. The third-order valence-corrected chi connectivity index (χ3v) is 3.14. The van der Waals surface area contributed by atoms with Crippen LogP contribution in [-0.2, 0) is 9.53 Å². The second-order valence-corrected chi connectivity index (χ2v) is 4.42. The standard InChI is InChI=1S/C13H19NO2S/c1-16-13(15)11-8-6-4-2-3-5-7-9-12(11)14-10-17/h2-9H2,1H3/b12-11-. The van der Waals surface area contributed by atoms with Gasteiger partial charge in [-0.3, -0.25) is 0 Å². The van der Waals surface area contributed by atoms with Gasteiger partial charge in [-0.25, -0.2) is 4.79 Å². The van der Waals surface area contributed by atoms with Crippen molar-refractivity contribution < 1.29 is 9.53 Å². The Morgan fingerprint density at radius 1 is 1.18 bits per heavy atom. The van der Waals surface area contributed by atoms with Gasteiger partial charge in [-0.1, -0.05) is 25.7 Å². The Balaban J connectivity index is 2.93. The van der Waals surface area contributed by atoms with E-state index in [1.165, 1.54) is 26.4 Å². The summed E-state index contributed by atoms with van der Waals surface area (Å²) in [6.07, 6.45) is 8.47. The Bertz CT molecular complexity index is 343. The molecule has 0 unspecified atom stereocenters. The quantitative estimate of drug-likeness (QED) is 0.428. The molecule has 0 radical (unpaired) electrons. The third kappa shape index (κ3) is 4.80. The molecular weight excluding hydrogens is 234 g/mol. The van der Waals surface area contributed by atoms with E-state index >= 15 is 0 Å². The number of thiocarbonyl (C=S) groups is 1. The largest absolute Gasteiger partial charge is 0.466 e. The predicted octanol–water partition coefficient (Wildman–Crippen LogP) is 3.65. The van der Waals surface area contributed by atoms with Crippen molar-refractivity contribution in [2.45, 2.75) is 51.4 Å². The number of carbonyl (C=O) groups is 1. The zero-order chi connectivity index (χ0) is 12.5. The first kappa shape index (κ1) is 14.1. The molecule has 0 aromatic heterocycles. The van der Waals surface area contributed by atoms with Crippen molar-refractivity contribution in [3.8, 4) is 0 Å². The Morgan fingerprint density at radius 2 is 1.76 bits per heavy atom. The number of carbonyl (C=O) groups excluding carboxylic acids is 1. The molecule has 17 heavy (non-hydrogen) atoms. The summed E-state index contributed by atoms with van der Waals surface area (Å²) in [4.78, 5) is 15.8. The van der Waals surface area contributed by atoms with E-state index in [2.05, 4.69) is 22.4 Å². The number of aliphatic imine (C=N–C) groups is 1. The van der Waals surface area contributed by atoms with Crippen LogP contribution in [0.25, 0.3) is 0 Å². The molecule has 0 aromatic rings. The minimum atomic E-state index is -0.269. The lowest BCUT2D eigenvalue weighted by Crippen LogP contribution is -2.08. The van der Waals surface area contributed by atoms with Gasteiger partial charge in [0.2, 0.25) is 0 Å². The number of rotatable bonds is 2. The number of isothiocyanates is 1. The van der Waals surface area contributed by atoms with Gasteiger partial charge in [0.05, 0.1) is 23.5 Å². The van der Waals surface area contributed by atoms with E-state index in [9.17, 15) is 4.79 Å². The molecule has 0 amide bonds. The summed E-state index contributed by atoms with van der Waals surface area (Å²) in [7, 11) is 1.41. The summed E-state index contributed by atoms with van der Waals surface area (Å²) in [5.74, 6) is -0.269.